The number of nitrogens with one attached hydrogen (secondary N) is 1. The van der Waals surface area contributed by atoms with Crippen LogP contribution >= 0.6 is 0 Å². The molecule has 0 spiro atoms. The van der Waals surface area contributed by atoms with E-state index < -0.39 is 11.6 Å². The van der Waals surface area contributed by atoms with Gasteiger partial charge in [-0.05, 0) is 42.7 Å². The molecular formula is C21H19F2N3O. The van der Waals surface area contributed by atoms with E-state index in [1.807, 2.05) is 30.3 Å². The van der Waals surface area contributed by atoms with E-state index in [0.717, 1.165) is 42.9 Å². The number of anilines is 1. The summed E-state index contributed by atoms with van der Waals surface area (Å²) < 4.78 is 26.7. The lowest BCUT2D eigenvalue weighted by atomic mass is 10.1. The van der Waals surface area contributed by atoms with Gasteiger partial charge in [-0.1, -0.05) is 18.2 Å². The van der Waals surface area contributed by atoms with Gasteiger partial charge in [0.25, 0.3) is 5.91 Å². The third-order valence-corrected chi connectivity index (χ3v) is 4.73. The molecule has 2 heterocycles. The molecule has 1 fully saturated rings. The zero-order valence-electron chi connectivity index (χ0n) is 14.7. The van der Waals surface area contributed by atoms with Gasteiger partial charge in [-0.25, -0.2) is 13.8 Å². The van der Waals surface area contributed by atoms with E-state index in [0.29, 0.717) is 16.9 Å². The number of hydrogen-bond donors (Lipinski definition) is 1. The molecule has 0 aliphatic carbocycles. The van der Waals surface area contributed by atoms with Crippen LogP contribution in [0.1, 0.15) is 28.8 Å². The first kappa shape index (κ1) is 17.4. The first-order valence-corrected chi connectivity index (χ1v) is 8.98. The van der Waals surface area contributed by atoms with E-state index in [1.54, 1.807) is 0 Å². The summed E-state index contributed by atoms with van der Waals surface area (Å²) in [6, 6.07) is 12.7. The molecule has 0 bridgehead atoms. The summed E-state index contributed by atoms with van der Waals surface area (Å²) in [5.41, 5.74) is 1.69. The van der Waals surface area contributed by atoms with Gasteiger partial charge in [0.2, 0.25) is 0 Å². The van der Waals surface area contributed by atoms with Crippen molar-refractivity contribution in [2.45, 2.75) is 19.4 Å². The smallest absolute Gasteiger partial charge is 0.255 e. The first-order chi connectivity index (χ1) is 13.1. The van der Waals surface area contributed by atoms with Gasteiger partial charge in [-0.15, -0.1) is 0 Å². The fourth-order valence-electron chi connectivity index (χ4n) is 3.43. The second kappa shape index (κ2) is 7.31. The van der Waals surface area contributed by atoms with E-state index in [2.05, 4.69) is 10.2 Å². The number of carbonyl (C=O) groups is 1. The molecule has 27 heavy (non-hydrogen) atoms. The van der Waals surface area contributed by atoms with Crippen molar-refractivity contribution in [2.24, 2.45) is 0 Å². The summed E-state index contributed by atoms with van der Waals surface area (Å²) in [6.45, 7) is 1.77. The molecular weight excluding hydrogens is 348 g/mol. The Balaban J connectivity index is 1.64. The first-order valence-electron chi connectivity index (χ1n) is 8.98. The van der Waals surface area contributed by atoms with Gasteiger partial charge in [0.05, 0.1) is 11.1 Å². The maximum Gasteiger partial charge on any atom is 0.255 e. The summed E-state index contributed by atoms with van der Waals surface area (Å²) in [7, 11) is 0. The van der Waals surface area contributed by atoms with E-state index in [4.69, 9.17) is 4.98 Å². The average molecular weight is 367 g/mol. The van der Waals surface area contributed by atoms with Crippen molar-refractivity contribution in [1.29, 1.82) is 0 Å². The molecule has 138 valence electrons. The van der Waals surface area contributed by atoms with Crippen molar-refractivity contribution >= 4 is 22.6 Å². The Labute approximate surface area is 155 Å². The summed E-state index contributed by atoms with van der Waals surface area (Å²) >= 11 is 0. The summed E-state index contributed by atoms with van der Waals surface area (Å²) in [5, 5.41) is 3.64. The summed E-state index contributed by atoms with van der Waals surface area (Å²) in [5.74, 6) is -0.970. The molecule has 1 aliphatic rings. The quantitative estimate of drug-likeness (QED) is 0.757. The van der Waals surface area contributed by atoms with Crippen LogP contribution in [0.5, 0.6) is 0 Å². The minimum absolute atomic E-state index is 0.0414. The van der Waals surface area contributed by atoms with E-state index in [-0.39, 0.29) is 12.5 Å². The van der Waals surface area contributed by atoms with Crippen LogP contribution in [0, 0.1) is 11.6 Å². The minimum Gasteiger partial charge on any atom is -0.356 e. The largest absolute Gasteiger partial charge is 0.356 e. The highest BCUT2D eigenvalue weighted by atomic mass is 19.1. The molecule has 1 saturated heterocycles. The van der Waals surface area contributed by atoms with Crippen LogP contribution in [0.4, 0.5) is 14.6 Å². The maximum atomic E-state index is 13.3. The molecule has 0 atom stereocenters. The Hall–Kier alpha value is -3.02. The average Bonchev–Trinajstić information content (AvgIpc) is 3.19. The van der Waals surface area contributed by atoms with E-state index >= 15 is 0 Å². The molecule has 1 aliphatic heterocycles. The fourth-order valence-corrected chi connectivity index (χ4v) is 3.43. The van der Waals surface area contributed by atoms with Crippen LogP contribution in [-0.4, -0.2) is 24.0 Å². The number of para-hydroxylation sites is 1. The third-order valence-electron chi connectivity index (χ3n) is 4.73. The van der Waals surface area contributed by atoms with Crippen LogP contribution in [0.3, 0.4) is 0 Å². The highest BCUT2D eigenvalue weighted by Gasteiger charge is 2.22. The summed E-state index contributed by atoms with van der Waals surface area (Å²) in [4.78, 5) is 19.7. The Bertz CT molecular complexity index is 980. The Kier molecular flexibility index (Phi) is 4.71. The zero-order valence-corrected chi connectivity index (χ0v) is 14.7. The lowest BCUT2D eigenvalue weighted by molar-refractivity contribution is 0.0951. The fraction of sp³-hybridized carbons (Fsp3) is 0.238. The number of rotatable bonds is 4. The molecule has 6 heteroatoms. The van der Waals surface area contributed by atoms with Gasteiger partial charge >= 0.3 is 0 Å². The monoisotopic (exact) mass is 367 g/mol. The second-order valence-electron chi connectivity index (χ2n) is 6.71. The maximum absolute atomic E-state index is 13.3. The number of nitrogens with zero attached hydrogens (tertiary/aromatic N) is 2. The molecule has 1 aromatic heterocycles. The predicted octanol–water partition coefficient (Wildman–Crippen LogP) is 4.04. The van der Waals surface area contributed by atoms with Crippen LogP contribution < -0.4 is 10.2 Å². The molecule has 1 amide bonds. The zero-order chi connectivity index (χ0) is 18.8. The second-order valence-corrected chi connectivity index (χ2v) is 6.71. The van der Waals surface area contributed by atoms with Gasteiger partial charge in [0.1, 0.15) is 17.5 Å². The van der Waals surface area contributed by atoms with Crippen molar-refractivity contribution in [3.05, 3.63) is 71.3 Å². The van der Waals surface area contributed by atoms with Crippen LogP contribution in [-0.2, 0) is 6.54 Å². The Morgan fingerprint density at radius 2 is 1.74 bits per heavy atom. The van der Waals surface area contributed by atoms with Crippen molar-refractivity contribution < 1.29 is 13.6 Å². The Morgan fingerprint density at radius 1 is 1.04 bits per heavy atom. The minimum atomic E-state index is -0.663. The lowest BCUT2D eigenvalue weighted by Gasteiger charge is -2.20. The molecule has 0 unspecified atom stereocenters. The van der Waals surface area contributed by atoms with E-state index in [9.17, 15) is 13.6 Å². The number of benzene rings is 2. The van der Waals surface area contributed by atoms with Crippen LogP contribution in [0.25, 0.3) is 10.9 Å². The van der Waals surface area contributed by atoms with Crippen molar-refractivity contribution in [3.8, 4) is 0 Å². The number of amides is 1. The number of halogens is 2. The van der Waals surface area contributed by atoms with Gasteiger partial charge in [0, 0.05) is 31.1 Å². The van der Waals surface area contributed by atoms with Crippen molar-refractivity contribution in [1.82, 2.24) is 10.3 Å². The molecule has 2 aromatic carbocycles. The van der Waals surface area contributed by atoms with Crippen LogP contribution in [0.15, 0.2) is 48.5 Å². The summed E-state index contributed by atoms with van der Waals surface area (Å²) in [6.07, 6.45) is 2.14. The van der Waals surface area contributed by atoms with E-state index in [1.165, 1.54) is 12.1 Å². The normalized spacial score (nSPS) is 13.9. The van der Waals surface area contributed by atoms with Gasteiger partial charge in [-0.3, -0.25) is 4.79 Å². The van der Waals surface area contributed by atoms with Gasteiger partial charge in [0.15, 0.2) is 0 Å². The lowest BCUT2D eigenvalue weighted by Crippen LogP contribution is -2.28. The topological polar surface area (TPSA) is 45.2 Å². The number of hydrogen-bond acceptors (Lipinski definition) is 3. The molecule has 4 nitrogen and oxygen atoms in total. The van der Waals surface area contributed by atoms with Crippen LogP contribution in [0.2, 0.25) is 0 Å². The highest BCUT2D eigenvalue weighted by molar-refractivity contribution is 6.02. The predicted molar refractivity (Wildman–Crippen MR) is 101 cm³/mol. The number of pyridine rings is 1. The molecule has 1 N–H and O–H groups in total. The number of aromatic nitrogens is 1. The molecule has 0 saturated carbocycles. The van der Waals surface area contributed by atoms with Crippen molar-refractivity contribution in [2.75, 3.05) is 18.0 Å². The SMILES string of the molecule is O=C(NCc1cc(F)cc(F)c1)c1cc2ccccc2nc1N1CCCC1. The number of fused-ring (bicyclic) bond motifs is 1. The van der Waals surface area contributed by atoms with Crippen molar-refractivity contribution in [3.63, 3.8) is 0 Å². The van der Waals surface area contributed by atoms with Gasteiger partial charge < -0.3 is 10.2 Å². The third kappa shape index (κ3) is 3.74. The molecule has 4 rings (SSSR count). The molecule has 3 aromatic rings. The number of carbonyl (C=O) groups excluding carboxylic acids is 1. The van der Waals surface area contributed by atoms with Gasteiger partial charge in [-0.2, -0.15) is 0 Å². The Morgan fingerprint density at radius 3 is 2.48 bits per heavy atom. The molecule has 0 radical (unpaired) electrons. The standard InChI is InChI=1S/C21H19F2N3O/c22-16-9-14(10-17(23)12-16)13-24-21(27)18-11-15-5-1-2-6-19(15)25-20(18)26-7-3-4-8-26/h1-2,5-6,9-12H,3-4,7-8,13H2,(H,24,27). The highest BCUT2D eigenvalue weighted by Crippen LogP contribution is 2.26.